The van der Waals surface area contributed by atoms with Crippen LogP contribution in [0.2, 0.25) is 0 Å². The van der Waals surface area contributed by atoms with Crippen molar-refractivity contribution in [2.75, 3.05) is 12.4 Å². The third kappa shape index (κ3) is 5.70. The number of halogens is 3. The van der Waals surface area contributed by atoms with Crippen LogP contribution in [0.1, 0.15) is 17.3 Å². The Morgan fingerprint density at radius 2 is 1.72 bits per heavy atom. The highest BCUT2D eigenvalue weighted by Gasteiger charge is 2.31. The van der Waals surface area contributed by atoms with Crippen molar-refractivity contribution in [2.45, 2.75) is 18.4 Å². The molecule has 2 aromatic carbocycles. The van der Waals surface area contributed by atoms with Crippen molar-refractivity contribution in [1.82, 2.24) is 20.2 Å². The molecule has 0 aliphatic carbocycles. The van der Waals surface area contributed by atoms with Crippen LogP contribution >= 0.6 is 11.8 Å². The third-order valence-electron chi connectivity index (χ3n) is 3.58. The van der Waals surface area contributed by atoms with Gasteiger partial charge in [-0.2, -0.15) is 4.68 Å². The van der Waals surface area contributed by atoms with E-state index in [1.807, 2.05) is 6.92 Å². The molecule has 1 aromatic heterocycles. The fraction of sp³-hybridized carbons (Fsp3) is 0.222. The van der Waals surface area contributed by atoms with Crippen LogP contribution in [-0.4, -0.2) is 44.7 Å². The number of tetrazole rings is 1. The van der Waals surface area contributed by atoms with Gasteiger partial charge in [0.2, 0.25) is 5.16 Å². The van der Waals surface area contributed by atoms with Crippen molar-refractivity contribution < 1.29 is 27.4 Å². The molecule has 0 amide bonds. The summed E-state index contributed by atoms with van der Waals surface area (Å²) in [6.45, 7) is 2.41. The molecule has 7 nitrogen and oxygen atoms in total. The monoisotopic (exact) mass is 424 g/mol. The SMILES string of the molecule is CCOc1ccc(C(=O)CSc2nnnn2-c2ccc(OC(F)(F)F)cc2)cc1. The van der Waals surface area contributed by atoms with Crippen molar-refractivity contribution in [2.24, 2.45) is 0 Å². The summed E-state index contributed by atoms with van der Waals surface area (Å²) >= 11 is 1.11. The van der Waals surface area contributed by atoms with Gasteiger partial charge in [0, 0.05) is 5.56 Å². The fourth-order valence-electron chi connectivity index (χ4n) is 2.34. The zero-order chi connectivity index (χ0) is 20.9. The number of carbonyl (C=O) groups is 1. The van der Waals surface area contributed by atoms with Gasteiger partial charge in [-0.3, -0.25) is 4.79 Å². The number of Topliss-reactive ketones (excluding diaryl/α,β-unsaturated/α-hetero) is 1. The molecule has 0 fully saturated rings. The van der Waals surface area contributed by atoms with Crippen LogP contribution in [0.4, 0.5) is 13.2 Å². The third-order valence-corrected chi connectivity index (χ3v) is 4.49. The summed E-state index contributed by atoms with van der Waals surface area (Å²) in [5.74, 6) is 0.290. The largest absolute Gasteiger partial charge is 0.573 e. The molecule has 0 aliphatic heterocycles. The lowest BCUT2D eigenvalue weighted by molar-refractivity contribution is -0.274. The van der Waals surface area contributed by atoms with Crippen molar-refractivity contribution in [3.8, 4) is 17.2 Å². The maximum absolute atomic E-state index is 12.4. The van der Waals surface area contributed by atoms with Gasteiger partial charge in [-0.15, -0.1) is 18.3 Å². The number of nitrogens with zero attached hydrogens (tertiary/aromatic N) is 4. The van der Waals surface area contributed by atoms with Crippen LogP contribution < -0.4 is 9.47 Å². The van der Waals surface area contributed by atoms with E-state index in [1.165, 1.54) is 16.8 Å². The molecular weight excluding hydrogens is 409 g/mol. The van der Waals surface area contributed by atoms with Crippen molar-refractivity contribution in [1.29, 1.82) is 0 Å². The van der Waals surface area contributed by atoms with Crippen LogP contribution in [0, 0.1) is 0 Å². The van der Waals surface area contributed by atoms with E-state index < -0.39 is 6.36 Å². The first-order valence-electron chi connectivity index (χ1n) is 8.39. The summed E-state index contributed by atoms with van der Waals surface area (Å²) in [6, 6.07) is 11.9. The number of alkyl halides is 3. The van der Waals surface area contributed by atoms with Gasteiger partial charge in [0.25, 0.3) is 0 Å². The van der Waals surface area contributed by atoms with E-state index in [-0.39, 0.29) is 17.3 Å². The number of aromatic nitrogens is 4. The van der Waals surface area contributed by atoms with Gasteiger partial charge in [-0.1, -0.05) is 11.8 Å². The second-order valence-corrected chi connectivity index (χ2v) is 6.53. The molecule has 0 saturated carbocycles. The quantitative estimate of drug-likeness (QED) is 0.400. The molecule has 1 heterocycles. The van der Waals surface area contributed by atoms with Gasteiger partial charge in [0.15, 0.2) is 5.78 Å². The van der Waals surface area contributed by atoms with E-state index in [0.29, 0.717) is 28.8 Å². The van der Waals surface area contributed by atoms with Crippen LogP contribution in [-0.2, 0) is 0 Å². The molecule has 29 heavy (non-hydrogen) atoms. The molecule has 0 saturated heterocycles. The summed E-state index contributed by atoms with van der Waals surface area (Å²) in [5.41, 5.74) is 0.953. The van der Waals surface area contributed by atoms with Gasteiger partial charge in [0.1, 0.15) is 11.5 Å². The smallest absolute Gasteiger partial charge is 0.494 e. The molecule has 0 aliphatic rings. The summed E-state index contributed by atoms with van der Waals surface area (Å²) in [6.07, 6.45) is -4.77. The average Bonchev–Trinajstić information content (AvgIpc) is 3.15. The van der Waals surface area contributed by atoms with Crippen LogP contribution in [0.5, 0.6) is 11.5 Å². The highest BCUT2D eigenvalue weighted by Crippen LogP contribution is 2.25. The minimum absolute atomic E-state index is 0.0869. The Hall–Kier alpha value is -3.08. The molecule has 11 heteroatoms. The Morgan fingerprint density at radius 1 is 1.07 bits per heavy atom. The number of rotatable bonds is 8. The highest BCUT2D eigenvalue weighted by atomic mass is 32.2. The van der Waals surface area contributed by atoms with Crippen molar-refractivity contribution in [3.63, 3.8) is 0 Å². The molecule has 0 spiro atoms. The summed E-state index contributed by atoms with van der Waals surface area (Å²) in [4.78, 5) is 12.4. The zero-order valence-corrected chi connectivity index (χ0v) is 15.9. The molecular formula is C18H15F3N4O3S. The van der Waals surface area contributed by atoms with Crippen LogP contribution in [0.3, 0.4) is 0 Å². The number of ether oxygens (including phenoxy) is 2. The second kappa shape index (κ2) is 8.95. The Morgan fingerprint density at radius 3 is 2.34 bits per heavy atom. The van der Waals surface area contributed by atoms with Crippen molar-refractivity contribution in [3.05, 3.63) is 54.1 Å². The minimum Gasteiger partial charge on any atom is -0.494 e. The molecule has 0 unspecified atom stereocenters. The fourth-order valence-corrected chi connectivity index (χ4v) is 3.12. The molecule has 3 rings (SSSR count). The minimum atomic E-state index is -4.77. The maximum Gasteiger partial charge on any atom is 0.573 e. The van der Waals surface area contributed by atoms with Gasteiger partial charge < -0.3 is 9.47 Å². The summed E-state index contributed by atoms with van der Waals surface area (Å²) in [7, 11) is 0. The molecule has 152 valence electrons. The predicted molar refractivity (Wildman–Crippen MR) is 98.5 cm³/mol. The van der Waals surface area contributed by atoms with Crippen LogP contribution in [0.15, 0.2) is 53.7 Å². The molecule has 0 radical (unpaired) electrons. The second-order valence-electron chi connectivity index (χ2n) is 5.58. The lowest BCUT2D eigenvalue weighted by Gasteiger charge is -2.09. The van der Waals surface area contributed by atoms with Gasteiger partial charge in [-0.05, 0) is 65.9 Å². The predicted octanol–water partition coefficient (Wildman–Crippen LogP) is 3.93. The van der Waals surface area contributed by atoms with E-state index >= 15 is 0 Å². The molecule has 0 bridgehead atoms. The number of carbonyl (C=O) groups excluding carboxylic acids is 1. The molecule has 0 atom stereocenters. The Kier molecular flexibility index (Phi) is 6.37. The summed E-state index contributed by atoms with van der Waals surface area (Å²) in [5, 5.41) is 11.6. The Labute approximate surface area is 167 Å². The Bertz CT molecular complexity index is 960. The Balaban J connectivity index is 1.65. The lowest BCUT2D eigenvalue weighted by atomic mass is 10.1. The molecule has 0 N–H and O–H groups in total. The number of benzene rings is 2. The van der Waals surface area contributed by atoms with Gasteiger partial charge in [0.05, 0.1) is 18.0 Å². The number of hydrogen-bond donors (Lipinski definition) is 0. The first kappa shape index (κ1) is 20.6. The maximum atomic E-state index is 12.4. The number of thioether (sulfide) groups is 1. The van der Waals surface area contributed by atoms with Gasteiger partial charge in [-0.25, -0.2) is 0 Å². The normalized spacial score (nSPS) is 11.3. The van der Waals surface area contributed by atoms with Crippen LogP contribution in [0.25, 0.3) is 5.69 Å². The van der Waals surface area contributed by atoms with E-state index in [0.717, 1.165) is 23.9 Å². The number of ketones is 1. The first-order valence-corrected chi connectivity index (χ1v) is 9.37. The van der Waals surface area contributed by atoms with Gasteiger partial charge >= 0.3 is 6.36 Å². The topological polar surface area (TPSA) is 79.1 Å². The van der Waals surface area contributed by atoms with E-state index in [1.54, 1.807) is 24.3 Å². The molecule has 3 aromatic rings. The lowest BCUT2D eigenvalue weighted by Crippen LogP contribution is -2.17. The average molecular weight is 424 g/mol. The highest BCUT2D eigenvalue weighted by molar-refractivity contribution is 7.99. The van der Waals surface area contributed by atoms with E-state index in [9.17, 15) is 18.0 Å². The van der Waals surface area contributed by atoms with E-state index in [2.05, 4.69) is 20.3 Å². The van der Waals surface area contributed by atoms with Crippen molar-refractivity contribution >= 4 is 17.5 Å². The van der Waals surface area contributed by atoms with E-state index in [4.69, 9.17) is 4.74 Å². The first-order chi connectivity index (χ1) is 13.9. The summed E-state index contributed by atoms with van der Waals surface area (Å²) < 4.78 is 47.3. The zero-order valence-electron chi connectivity index (χ0n) is 15.1. The number of hydrogen-bond acceptors (Lipinski definition) is 7. The standard InChI is InChI=1S/C18H15F3N4O3S/c1-2-27-14-7-3-12(4-8-14)16(26)11-29-17-22-23-24-25(17)13-5-9-15(10-6-13)28-18(19,20)21/h3-10H,2,11H2,1H3.